The molecule has 0 unspecified atom stereocenters. The van der Waals surface area contributed by atoms with Crippen LogP contribution in [-0.4, -0.2) is 72.8 Å². The maximum atomic E-state index is 15.4. The number of piperidine rings is 1. The fourth-order valence-corrected chi connectivity index (χ4v) is 6.19. The number of rotatable bonds is 15. The van der Waals surface area contributed by atoms with E-state index < -0.39 is 23.6 Å². The fraction of sp³-hybridized carbons (Fsp3) is 0.316. The van der Waals surface area contributed by atoms with Gasteiger partial charge in [0.05, 0.1) is 13.0 Å². The van der Waals surface area contributed by atoms with Crippen molar-refractivity contribution in [1.29, 1.82) is 0 Å². The minimum Gasteiger partial charge on any atom is -0.434 e. The molecule has 0 bridgehead atoms. The zero-order valence-corrected chi connectivity index (χ0v) is 29.6. The third kappa shape index (κ3) is 10.1. The molecule has 4 amide bonds. The van der Waals surface area contributed by atoms with Crippen LogP contribution < -0.4 is 26.4 Å². The summed E-state index contributed by atoms with van der Waals surface area (Å²) in [6, 6.07) is 12.4. The van der Waals surface area contributed by atoms with Gasteiger partial charge >= 0.3 is 6.03 Å². The summed E-state index contributed by atoms with van der Waals surface area (Å²) in [5.41, 5.74) is 9.62. The van der Waals surface area contributed by atoms with Crippen LogP contribution in [0.3, 0.4) is 0 Å². The number of hydrogen-bond donors (Lipinski definition) is 4. The SMILES string of the molecule is C=C(Cn1cccn1)C(=O)NCCCCc1cc(CN2CCC(N)CC2)c2c(Oc3ccc(NC(=O)NC(=O)Cc4ccc(F)cc4)cc3F)ncnn12. The molecule has 1 aliphatic heterocycles. The number of nitrogens with zero attached hydrogens (tertiary/aromatic N) is 6. The minimum atomic E-state index is -0.852. The summed E-state index contributed by atoms with van der Waals surface area (Å²) < 4.78 is 38.0. The van der Waals surface area contributed by atoms with Crippen molar-refractivity contribution in [1.82, 2.24) is 39.9 Å². The average molecular weight is 741 g/mol. The average Bonchev–Trinajstić information content (AvgIpc) is 3.79. The molecule has 5 aromatic rings. The topological polar surface area (TPSA) is 174 Å². The lowest BCUT2D eigenvalue weighted by Crippen LogP contribution is -2.39. The van der Waals surface area contributed by atoms with E-state index in [0.29, 0.717) is 49.1 Å². The van der Waals surface area contributed by atoms with Crippen LogP contribution in [0.25, 0.3) is 5.52 Å². The van der Waals surface area contributed by atoms with Gasteiger partial charge in [0.1, 0.15) is 17.7 Å². The van der Waals surface area contributed by atoms with E-state index in [1.807, 2.05) is 0 Å². The second-order valence-corrected chi connectivity index (χ2v) is 13.2. The highest BCUT2D eigenvalue weighted by Crippen LogP contribution is 2.32. The van der Waals surface area contributed by atoms with Crippen LogP contribution in [0.2, 0.25) is 0 Å². The van der Waals surface area contributed by atoms with Crippen LogP contribution in [0.4, 0.5) is 19.3 Å². The molecular weight excluding hydrogens is 698 g/mol. The highest BCUT2D eigenvalue weighted by molar-refractivity contribution is 6.01. The Hall–Kier alpha value is -6.00. The van der Waals surface area contributed by atoms with E-state index in [-0.39, 0.29) is 35.7 Å². The highest BCUT2D eigenvalue weighted by Gasteiger charge is 2.22. The number of hydrogen-bond acceptors (Lipinski definition) is 9. The summed E-state index contributed by atoms with van der Waals surface area (Å²) in [4.78, 5) is 43.9. The Balaban J connectivity index is 1.10. The third-order valence-electron chi connectivity index (χ3n) is 9.01. The van der Waals surface area contributed by atoms with Crippen molar-refractivity contribution in [3.8, 4) is 11.6 Å². The minimum absolute atomic E-state index is 0.0900. The molecule has 16 heteroatoms. The summed E-state index contributed by atoms with van der Waals surface area (Å²) >= 11 is 0. The van der Waals surface area contributed by atoms with Crippen LogP contribution in [0.5, 0.6) is 11.6 Å². The molecule has 6 rings (SSSR count). The Morgan fingerprint density at radius 1 is 1.02 bits per heavy atom. The Morgan fingerprint density at radius 2 is 1.81 bits per heavy atom. The number of aromatic nitrogens is 5. The number of aryl methyl sites for hydroxylation is 1. The van der Waals surface area contributed by atoms with Gasteiger partial charge in [-0.15, -0.1) is 0 Å². The van der Waals surface area contributed by atoms with Crippen LogP contribution in [-0.2, 0) is 35.5 Å². The molecule has 3 aromatic heterocycles. The number of unbranched alkanes of at least 4 members (excludes halogenated alkanes) is 1. The first-order valence-electron chi connectivity index (χ1n) is 17.7. The van der Waals surface area contributed by atoms with Crippen molar-refractivity contribution in [2.24, 2.45) is 5.73 Å². The second-order valence-electron chi connectivity index (χ2n) is 13.2. The predicted octanol–water partition coefficient (Wildman–Crippen LogP) is 4.51. The largest absolute Gasteiger partial charge is 0.434 e. The van der Waals surface area contributed by atoms with Gasteiger partial charge < -0.3 is 21.1 Å². The molecule has 2 aromatic carbocycles. The molecule has 5 N–H and O–H groups in total. The number of amides is 4. The molecule has 282 valence electrons. The van der Waals surface area contributed by atoms with E-state index in [9.17, 15) is 18.8 Å². The summed E-state index contributed by atoms with van der Waals surface area (Å²) in [5.74, 6) is -2.01. The number of carbonyl (C=O) groups is 3. The van der Waals surface area contributed by atoms with E-state index in [1.54, 1.807) is 27.7 Å². The van der Waals surface area contributed by atoms with Crippen molar-refractivity contribution in [3.05, 3.63) is 114 Å². The Bertz CT molecular complexity index is 2100. The van der Waals surface area contributed by atoms with Crippen molar-refractivity contribution >= 4 is 29.0 Å². The first kappa shape index (κ1) is 37.7. The summed E-state index contributed by atoms with van der Waals surface area (Å²) in [5, 5.41) is 16.2. The number of imide groups is 1. The van der Waals surface area contributed by atoms with Gasteiger partial charge in [-0.25, -0.2) is 18.1 Å². The number of urea groups is 1. The summed E-state index contributed by atoms with van der Waals surface area (Å²) in [7, 11) is 0. The van der Waals surface area contributed by atoms with Crippen LogP contribution in [0.1, 0.15) is 42.5 Å². The number of halogens is 2. The lowest BCUT2D eigenvalue weighted by atomic mass is 10.1. The van der Waals surface area contributed by atoms with Crippen LogP contribution >= 0.6 is 0 Å². The number of ether oxygens (including phenoxy) is 1. The molecule has 0 radical (unpaired) electrons. The van der Waals surface area contributed by atoms with Gasteiger partial charge in [0.15, 0.2) is 11.6 Å². The van der Waals surface area contributed by atoms with Gasteiger partial charge in [-0.05, 0) is 92.7 Å². The number of likely N-dealkylation sites (tertiary alicyclic amines) is 1. The maximum absolute atomic E-state index is 15.4. The quantitative estimate of drug-likeness (QED) is 0.0890. The molecule has 14 nitrogen and oxygen atoms in total. The Labute approximate surface area is 310 Å². The number of benzene rings is 2. The van der Waals surface area contributed by atoms with Crippen molar-refractivity contribution in [3.63, 3.8) is 0 Å². The van der Waals surface area contributed by atoms with Crippen LogP contribution in [0.15, 0.2) is 85.5 Å². The van der Waals surface area contributed by atoms with E-state index in [4.69, 9.17) is 10.5 Å². The number of nitrogens with one attached hydrogen (secondary N) is 3. The first-order chi connectivity index (χ1) is 26.1. The molecule has 0 atom stereocenters. The van der Waals surface area contributed by atoms with Crippen molar-refractivity contribution in [2.75, 3.05) is 25.0 Å². The van der Waals surface area contributed by atoms with Crippen molar-refractivity contribution < 1.29 is 27.9 Å². The molecular formula is C38H42F2N10O4. The third-order valence-corrected chi connectivity index (χ3v) is 9.01. The number of fused-ring (bicyclic) bond motifs is 1. The standard InChI is InChI=1S/C38H42F2N10O4/c1-25(22-49-16-4-15-44-49)36(52)42-14-3-2-5-31-20-27(23-48-17-12-29(41)13-18-48)35-37(43-24-45-50(31)35)54-33-11-10-30(21-32(33)40)46-38(53)47-34(51)19-26-6-8-28(39)9-7-26/h4,6-11,15-16,20-21,24,29H,1-3,5,12-14,17-19,22-23,41H2,(H,42,52)(H2,46,47,51,53). The van der Waals surface area contributed by atoms with E-state index >= 15 is 4.39 Å². The number of nitrogens with two attached hydrogens (primary N) is 1. The molecule has 54 heavy (non-hydrogen) atoms. The predicted molar refractivity (Wildman–Crippen MR) is 197 cm³/mol. The van der Waals surface area contributed by atoms with Gasteiger partial charge in [-0.2, -0.15) is 15.2 Å². The summed E-state index contributed by atoms with van der Waals surface area (Å²) in [6.45, 7) is 6.92. The van der Waals surface area contributed by atoms with E-state index in [0.717, 1.165) is 49.7 Å². The van der Waals surface area contributed by atoms with Gasteiger partial charge in [0.25, 0.3) is 0 Å². The lowest BCUT2D eigenvalue weighted by molar-refractivity contribution is -0.119. The molecule has 4 heterocycles. The van der Waals surface area contributed by atoms with Gasteiger partial charge in [-0.3, -0.25) is 24.5 Å². The fourth-order valence-electron chi connectivity index (χ4n) is 6.19. The monoisotopic (exact) mass is 740 g/mol. The molecule has 0 saturated carbocycles. The van der Waals surface area contributed by atoms with Crippen LogP contribution in [0, 0.1) is 11.6 Å². The molecule has 0 spiro atoms. The van der Waals surface area contributed by atoms with Gasteiger partial charge in [-0.1, -0.05) is 18.7 Å². The number of carbonyl (C=O) groups excluding carboxylic acids is 3. The van der Waals surface area contributed by atoms with Gasteiger partial charge in [0.2, 0.25) is 17.7 Å². The molecule has 1 fully saturated rings. The zero-order chi connectivity index (χ0) is 38.0. The molecule has 0 aliphatic carbocycles. The molecule has 1 aliphatic rings. The lowest BCUT2D eigenvalue weighted by Gasteiger charge is -2.29. The Kier molecular flexibility index (Phi) is 12.4. The van der Waals surface area contributed by atoms with E-state index in [2.05, 4.69) is 48.7 Å². The summed E-state index contributed by atoms with van der Waals surface area (Å²) in [6.07, 6.45) is 8.51. The first-order valence-corrected chi connectivity index (χ1v) is 17.7. The second kappa shape index (κ2) is 17.7. The maximum Gasteiger partial charge on any atom is 0.325 e. The molecule has 1 saturated heterocycles. The zero-order valence-electron chi connectivity index (χ0n) is 29.6. The smallest absolute Gasteiger partial charge is 0.325 e. The number of anilines is 1. The normalized spacial score (nSPS) is 13.5. The Morgan fingerprint density at radius 3 is 2.56 bits per heavy atom. The van der Waals surface area contributed by atoms with Gasteiger partial charge in [0, 0.05) is 54.5 Å². The van der Waals surface area contributed by atoms with Crippen molar-refractivity contribution in [2.45, 2.75) is 57.7 Å². The highest BCUT2D eigenvalue weighted by atomic mass is 19.1. The van der Waals surface area contributed by atoms with E-state index in [1.165, 1.54) is 42.7 Å².